The largest absolute Gasteiger partial charge is 0.505 e. The first-order chi connectivity index (χ1) is 11.5. The van der Waals surface area contributed by atoms with E-state index in [0.717, 1.165) is 36.1 Å². The fourth-order valence-corrected chi connectivity index (χ4v) is 2.87. The molecule has 2 aromatic carbocycles. The molecule has 1 amide bonds. The molecule has 0 aliphatic heterocycles. The van der Waals surface area contributed by atoms with Crippen molar-refractivity contribution in [3.8, 4) is 5.75 Å². The molecule has 2 aromatic rings. The van der Waals surface area contributed by atoms with Crippen LogP contribution in [0.3, 0.4) is 0 Å². The maximum absolute atomic E-state index is 13.4. The Labute approximate surface area is 139 Å². The fourth-order valence-electron chi connectivity index (χ4n) is 2.87. The van der Waals surface area contributed by atoms with E-state index in [2.05, 4.69) is 5.32 Å². The Morgan fingerprint density at radius 3 is 2.62 bits per heavy atom. The van der Waals surface area contributed by atoms with Gasteiger partial charge in [-0.1, -0.05) is 6.07 Å². The molecule has 1 saturated carbocycles. The predicted molar refractivity (Wildman–Crippen MR) is 90.0 cm³/mol. The molecule has 126 valence electrons. The molecule has 1 aliphatic carbocycles. The van der Waals surface area contributed by atoms with E-state index in [1.165, 1.54) is 11.6 Å². The van der Waals surface area contributed by atoms with Gasteiger partial charge in [-0.05, 0) is 59.7 Å². The summed E-state index contributed by atoms with van der Waals surface area (Å²) in [6.07, 6.45) is 2.25. The number of halogens is 1. The summed E-state index contributed by atoms with van der Waals surface area (Å²) in [5.41, 5.74) is 15.6. The fraction of sp³-hybridized carbons (Fsp3) is 0.278. The number of nitrogens with one attached hydrogen (secondary N) is 1. The number of phenolic OH excluding ortho intramolecular Hbond substituents is 1. The van der Waals surface area contributed by atoms with E-state index in [1.54, 1.807) is 0 Å². The lowest BCUT2D eigenvalue weighted by Crippen LogP contribution is -2.25. The maximum atomic E-state index is 13.4. The van der Waals surface area contributed by atoms with E-state index in [0.29, 0.717) is 18.2 Å². The molecule has 6 heteroatoms. The lowest BCUT2D eigenvalue weighted by Gasteiger charge is -2.17. The molecular formula is C18H20FN3O2. The Morgan fingerprint density at radius 2 is 2.00 bits per heavy atom. The molecule has 6 N–H and O–H groups in total. The van der Waals surface area contributed by atoms with E-state index in [4.69, 9.17) is 11.5 Å². The topological polar surface area (TPSA) is 101 Å². The number of carbonyl (C=O) groups excluding carboxylic acids is 1. The van der Waals surface area contributed by atoms with Gasteiger partial charge in [-0.15, -0.1) is 0 Å². The molecule has 0 radical (unpaired) electrons. The molecule has 0 heterocycles. The average Bonchev–Trinajstić information content (AvgIpc) is 3.40. The van der Waals surface area contributed by atoms with Gasteiger partial charge in [0.1, 0.15) is 0 Å². The van der Waals surface area contributed by atoms with Gasteiger partial charge in [0.05, 0.1) is 0 Å². The highest BCUT2D eigenvalue weighted by molar-refractivity contribution is 5.94. The smallest absolute Gasteiger partial charge is 0.251 e. The summed E-state index contributed by atoms with van der Waals surface area (Å²) < 4.78 is 13.4. The summed E-state index contributed by atoms with van der Waals surface area (Å²) in [4.78, 5) is 12.2. The van der Waals surface area contributed by atoms with Crippen LogP contribution in [0.15, 0.2) is 30.3 Å². The number of aromatic hydroxyl groups is 1. The summed E-state index contributed by atoms with van der Waals surface area (Å²) in [5, 5.41) is 12.0. The van der Waals surface area contributed by atoms with Crippen molar-refractivity contribution in [1.29, 1.82) is 0 Å². The lowest BCUT2D eigenvalue weighted by atomic mass is 9.96. The minimum absolute atomic E-state index is 0.150. The van der Waals surface area contributed by atoms with Gasteiger partial charge in [0.2, 0.25) is 0 Å². The lowest BCUT2D eigenvalue weighted by molar-refractivity contribution is 0.0950. The third kappa shape index (κ3) is 3.19. The van der Waals surface area contributed by atoms with Crippen molar-refractivity contribution < 1.29 is 14.3 Å². The molecule has 1 aliphatic rings. The van der Waals surface area contributed by atoms with Gasteiger partial charge in [0.15, 0.2) is 11.6 Å². The van der Waals surface area contributed by atoms with Crippen molar-refractivity contribution in [2.24, 2.45) is 5.73 Å². The molecule has 24 heavy (non-hydrogen) atoms. The summed E-state index contributed by atoms with van der Waals surface area (Å²) in [7, 11) is 0. The second kappa shape index (κ2) is 6.49. The Balaban J connectivity index is 1.82. The number of amides is 1. The van der Waals surface area contributed by atoms with Gasteiger partial charge < -0.3 is 21.9 Å². The number of rotatable bonds is 5. The Hall–Kier alpha value is -2.60. The number of nitrogens with two attached hydrogens (primary N) is 2. The van der Waals surface area contributed by atoms with E-state index < -0.39 is 17.5 Å². The van der Waals surface area contributed by atoms with Gasteiger partial charge in [0.25, 0.3) is 5.91 Å². The number of hydrogen-bond donors (Lipinski definition) is 4. The molecule has 0 aromatic heterocycles. The minimum Gasteiger partial charge on any atom is -0.505 e. The van der Waals surface area contributed by atoms with Crippen LogP contribution in [0.4, 0.5) is 10.1 Å². The Bertz CT molecular complexity index is 788. The van der Waals surface area contributed by atoms with Crippen molar-refractivity contribution in [1.82, 2.24) is 5.32 Å². The zero-order valence-corrected chi connectivity index (χ0v) is 13.2. The van der Waals surface area contributed by atoms with Crippen molar-refractivity contribution in [3.05, 3.63) is 58.4 Å². The van der Waals surface area contributed by atoms with E-state index in [-0.39, 0.29) is 12.1 Å². The molecule has 0 unspecified atom stereocenters. The van der Waals surface area contributed by atoms with Gasteiger partial charge in [-0.3, -0.25) is 4.79 Å². The van der Waals surface area contributed by atoms with Gasteiger partial charge in [0, 0.05) is 24.3 Å². The van der Waals surface area contributed by atoms with Gasteiger partial charge >= 0.3 is 0 Å². The number of benzene rings is 2. The number of hydrogen-bond acceptors (Lipinski definition) is 4. The number of nitrogen functional groups attached to an aromatic ring is 1. The molecule has 0 atom stereocenters. The average molecular weight is 329 g/mol. The predicted octanol–water partition coefficient (Wildman–Crippen LogP) is 2.38. The van der Waals surface area contributed by atoms with Crippen LogP contribution in [0.1, 0.15) is 45.8 Å². The standard InChI is InChI=1S/C18H20FN3O2/c19-15-7-11(3-6-17(15)23)18(24)22-9-14-12(10-1-2-10)4-5-16(21)13(14)8-20/h3-7,10,23H,1-2,8-9,20-21H2,(H,22,24). The summed E-state index contributed by atoms with van der Waals surface area (Å²) in [6.45, 7) is 0.580. The molecule has 5 nitrogen and oxygen atoms in total. The van der Waals surface area contributed by atoms with E-state index in [1.807, 2.05) is 12.1 Å². The first-order valence-electron chi connectivity index (χ1n) is 7.88. The monoisotopic (exact) mass is 329 g/mol. The molecule has 0 spiro atoms. The number of anilines is 1. The highest BCUT2D eigenvalue weighted by atomic mass is 19.1. The second-order valence-corrected chi connectivity index (χ2v) is 6.03. The van der Waals surface area contributed by atoms with Crippen LogP contribution in [0.2, 0.25) is 0 Å². The molecule has 0 bridgehead atoms. The first kappa shape index (κ1) is 16.3. The zero-order valence-electron chi connectivity index (χ0n) is 13.2. The molecule has 0 saturated heterocycles. The van der Waals surface area contributed by atoms with Crippen molar-refractivity contribution >= 4 is 11.6 Å². The Morgan fingerprint density at radius 1 is 1.25 bits per heavy atom. The maximum Gasteiger partial charge on any atom is 0.251 e. The van der Waals surface area contributed by atoms with Crippen LogP contribution in [0, 0.1) is 5.82 Å². The molecule has 1 fully saturated rings. The normalized spacial score (nSPS) is 13.8. The zero-order chi connectivity index (χ0) is 17.3. The van der Waals surface area contributed by atoms with Crippen LogP contribution in [-0.4, -0.2) is 11.0 Å². The third-order valence-corrected chi connectivity index (χ3v) is 4.36. The van der Waals surface area contributed by atoms with Crippen LogP contribution in [0.5, 0.6) is 5.75 Å². The van der Waals surface area contributed by atoms with Crippen LogP contribution >= 0.6 is 0 Å². The van der Waals surface area contributed by atoms with E-state index >= 15 is 0 Å². The minimum atomic E-state index is -0.826. The second-order valence-electron chi connectivity index (χ2n) is 6.03. The highest BCUT2D eigenvalue weighted by Gasteiger charge is 2.27. The summed E-state index contributed by atoms with van der Waals surface area (Å²) in [5.74, 6) is -1.23. The van der Waals surface area contributed by atoms with Crippen LogP contribution < -0.4 is 16.8 Å². The first-order valence-corrected chi connectivity index (χ1v) is 7.88. The van der Waals surface area contributed by atoms with Gasteiger partial charge in [-0.2, -0.15) is 0 Å². The quantitative estimate of drug-likeness (QED) is 0.633. The molecule has 3 rings (SSSR count). The number of carbonyl (C=O) groups is 1. The highest BCUT2D eigenvalue weighted by Crippen LogP contribution is 2.43. The SMILES string of the molecule is NCc1c(N)ccc(C2CC2)c1CNC(=O)c1ccc(O)c(F)c1. The van der Waals surface area contributed by atoms with Crippen molar-refractivity contribution in [2.45, 2.75) is 31.8 Å². The van der Waals surface area contributed by atoms with Crippen molar-refractivity contribution in [2.75, 3.05) is 5.73 Å². The van der Waals surface area contributed by atoms with E-state index in [9.17, 15) is 14.3 Å². The summed E-state index contributed by atoms with van der Waals surface area (Å²) >= 11 is 0. The van der Waals surface area contributed by atoms with Crippen LogP contribution in [-0.2, 0) is 13.1 Å². The third-order valence-electron chi connectivity index (χ3n) is 4.36. The van der Waals surface area contributed by atoms with Crippen LogP contribution in [0.25, 0.3) is 0 Å². The summed E-state index contributed by atoms with van der Waals surface area (Å²) in [6, 6.07) is 7.39. The molecular weight excluding hydrogens is 309 g/mol. The van der Waals surface area contributed by atoms with Gasteiger partial charge in [-0.25, -0.2) is 4.39 Å². The number of phenols is 1. The Kier molecular flexibility index (Phi) is 4.40. The van der Waals surface area contributed by atoms with Crippen molar-refractivity contribution in [3.63, 3.8) is 0 Å².